The van der Waals surface area contributed by atoms with Gasteiger partial charge in [-0.05, 0) is 24.6 Å². The van der Waals surface area contributed by atoms with E-state index in [1.807, 2.05) is 25.1 Å². The number of para-hydroxylation sites is 1. The van der Waals surface area contributed by atoms with Crippen LogP contribution in [0.2, 0.25) is 0 Å². The second-order valence-electron chi connectivity index (χ2n) is 4.41. The molecule has 0 bridgehead atoms. The predicted molar refractivity (Wildman–Crippen MR) is 78.8 cm³/mol. The summed E-state index contributed by atoms with van der Waals surface area (Å²) in [7, 11) is 1.32. The van der Waals surface area contributed by atoms with Crippen LogP contribution >= 0.6 is 0 Å². The average molecular weight is 286 g/mol. The number of anilines is 1. The highest BCUT2D eigenvalue weighted by Crippen LogP contribution is 2.28. The van der Waals surface area contributed by atoms with Crippen LogP contribution in [-0.2, 0) is 0 Å². The number of nitrogens with one attached hydrogen (secondary N) is 1. The molecule has 1 amide bonds. The molecule has 0 aromatic heterocycles. The molecule has 0 saturated heterocycles. The Labute approximate surface area is 121 Å². The largest absolute Gasteiger partial charge is 0.490 e. The molecule has 21 heavy (non-hydrogen) atoms. The first kappa shape index (κ1) is 14.5. The minimum atomic E-state index is -0.554. The first-order chi connectivity index (χ1) is 10.0. The summed E-state index contributed by atoms with van der Waals surface area (Å²) in [6.07, 6.45) is 0. The van der Waals surface area contributed by atoms with Gasteiger partial charge in [0.25, 0.3) is 5.91 Å². The van der Waals surface area contributed by atoms with Crippen LogP contribution in [0.1, 0.15) is 15.9 Å². The Kier molecular flexibility index (Phi) is 4.18. The Bertz CT molecular complexity index is 698. The summed E-state index contributed by atoms with van der Waals surface area (Å²) >= 11 is 0. The molecule has 0 radical (unpaired) electrons. The third-order valence-electron chi connectivity index (χ3n) is 3.03. The van der Waals surface area contributed by atoms with E-state index in [0.717, 1.165) is 5.56 Å². The molecule has 6 heteroatoms. The number of hydrogen-bond donors (Lipinski definition) is 1. The maximum absolute atomic E-state index is 12.2. The molecular weight excluding hydrogens is 272 g/mol. The zero-order chi connectivity index (χ0) is 15.4. The van der Waals surface area contributed by atoms with Crippen LogP contribution in [-0.4, -0.2) is 17.9 Å². The summed E-state index contributed by atoms with van der Waals surface area (Å²) in [6, 6.07) is 11.4. The van der Waals surface area contributed by atoms with E-state index >= 15 is 0 Å². The maximum Gasteiger partial charge on any atom is 0.310 e. The number of benzene rings is 2. The lowest BCUT2D eigenvalue weighted by atomic mass is 10.1. The van der Waals surface area contributed by atoms with Gasteiger partial charge < -0.3 is 10.1 Å². The minimum Gasteiger partial charge on any atom is -0.490 e. The van der Waals surface area contributed by atoms with E-state index in [0.29, 0.717) is 11.3 Å². The van der Waals surface area contributed by atoms with Crippen molar-refractivity contribution in [3.63, 3.8) is 0 Å². The number of nitrogens with zero attached hydrogens (tertiary/aromatic N) is 1. The van der Waals surface area contributed by atoms with Gasteiger partial charge in [-0.15, -0.1) is 0 Å². The highest BCUT2D eigenvalue weighted by molar-refractivity contribution is 6.05. The number of hydrogen-bond acceptors (Lipinski definition) is 4. The Hall–Kier alpha value is -2.89. The van der Waals surface area contributed by atoms with E-state index in [9.17, 15) is 14.9 Å². The van der Waals surface area contributed by atoms with E-state index in [2.05, 4.69) is 5.32 Å². The van der Waals surface area contributed by atoms with Crippen molar-refractivity contribution in [2.24, 2.45) is 0 Å². The van der Waals surface area contributed by atoms with Crippen molar-refractivity contribution in [3.05, 3.63) is 63.7 Å². The number of amides is 1. The predicted octanol–water partition coefficient (Wildman–Crippen LogP) is 3.16. The molecule has 2 aromatic carbocycles. The fraction of sp³-hybridized carbons (Fsp3) is 0.133. The molecule has 1 N–H and O–H groups in total. The molecule has 108 valence electrons. The van der Waals surface area contributed by atoms with Gasteiger partial charge in [-0.25, -0.2) is 0 Å². The van der Waals surface area contributed by atoms with Crippen molar-refractivity contribution in [1.29, 1.82) is 0 Å². The lowest BCUT2D eigenvalue weighted by Crippen LogP contribution is -2.13. The topological polar surface area (TPSA) is 81.5 Å². The maximum atomic E-state index is 12.2. The van der Waals surface area contributed by atoms with Gasteiger partial charge in [-0.2, -0.15) is 0 Å². The number of nitro groups is 1. The SMILES string of the molecule is COc1cc(C(=O)Nc2ccccc2C)ccc1[N+](=O)[O-]. The number of rotatable bonds is 4. The average Bonchev–Trinajstić information content (AvgIpc) is 2.48. The van der Waals surface area contributed by atoms with Gasteiger partial charge >= 0.3 is 5.69 Å². The highest BCUT2D eigenvalue weighted by Gasteiger charge is 2.17. The molecular formula is C15H14N2O4. The zero-order valence-electron chi connectivity index (χ0n) is 11.6. The summed E-state index contributed by atoms with van der Waals surface area (Å²) < 4.78 is 4.95. The van der Waals surface area contributed by atoms with Crippen LogP contribution in [0.15, 0.2) is 42.5 Å². The van der Waals surface area contributed by atoms with E-state index in [-0.39, 0.29) is 17.3 Å². The van der Waals surface area contributed by atoms with Crippen LogP contribution in [0.5, 0.6) is 5.75 Å². The van der Waals surface area contributed by atoms with Crippen molar-refractivity contribution in [2.75, 3.05) is 12.4 Å². The lowest BCUT2D eigenvalue weighted by molar-refractivity contribution is -0.385. The fourth-order valence-corrected chi connectivity index (χ4v) is 1.88. The summed E-state index contributed by atoms with van der Waals surface area (Å²) in [4.78, 5) is 22.4. The number of carbonyl (C=O) groups excluding carboxylic acids is 1. The van der Waals surface area contributed by atoms with Crippen LogP contribution in [0.4, 0.5) is 11.4 Å². The number of ether oxygens (including phenoxy) is 1. The normalized spacial score (nSPS) is 10.0. The van der Waals surface area contributed by atoms with Gasteiger partial charge in [0.1, 0.15) is 0 Å². The molecule has 0 saturated carbocycles. The Morgan fingerprint density at radius 1 is 1.24 bits per heavy atom. The van der Waals surface area contributed by atoms with Gasteiger partial charge in [-0.1, -0.05) is 18.2 Å². The molecule has 0 aliphatic heterocycles. The van der Waals surface area contributed by atoms with Gasteiger partial charge in [0.2, 0.25) is 0 Å². The van der Waals surface area contributed by atoms with Crippen LogP contribution in [0.25, 0.3) is 0 Å². The zero-order valence-corrected chi connectivity index (χ0v) is 11.6. The summed E-state index contributed by atoms with van der Waals surface area (Å²) in [5.41, 5.74) is 1.74. The van der Waals surface area contributed by atoms with Crippen LogP contribution in [0.3, 0.4) is 0 Å². The standard InChI is InChI=1S/C15H14N2O4/c1-10-5-3-4-6-12(10)16-15(18)11-7-8-13(17(19)20)14(9-11)21-2/h3-9H,1-2H3,(H,16,18). The summed E-state index contributed by atoms with van der Waals surface area (Å²) in [5.74, 6) is -0.296. The number of methoxy groups -OCH3 is 1. The molecule has 0 spiro atoms. The third-order valence-corrected chi connectivity index (χ3v) is 3.03. The van der Waals surface area contributed by atoms with Gasteiger partial charge in [0, 0.05) is 23.4 Å². The third kappa shape index (κ3) is 3.17. The Morgan fingerprint density at radius 2 is 1.95 bits per heavy atom. The Balaban J connectivity index is 2.28. The smallest absolute Gasteiger partial charge is 0.310 e. The van der Waals surface area contributed by atoms with Crippen LogP contribution in [0, 0.1) is 17.0 Å². The molecule has 2 rings (SSSR count). The molecule has 0 atom stereocenters. The van der Waals surface area contributed by atoms with Gasteiger partial charge in [0.05, 0.1) is 12.0 Å². The number of aryl methyl sites for hydroxylation is 1. The van der Waals surface area contributed by atoms with E-state index < -0.39 is 4.92 Å². The molecule has 2 aromatic rings. The first-order valence-electron chi connectivity index (χ1n) is 6.22. The van der Waals surface area contributed by atoms with Crippen molar-refractivity contribution < 1.29 is 14.5 Å². The number of nitro benzene ring substituents is 1. The fourth-order valence-electron chi connectivity index (χ4n) is 1.88. The van der Waals surface area contributed by atoms with Gasteiger partial charge in [0.15, 0.2) is 5.75 Å². The summed E-state index contributed by atoms with van der Waals surface area (Å²) in [5, 5.41) is 13.6. The first-order valence-corrected chi connectivity index (χ1v) is 6.22. The minimum absolute atomic E-state index is 0.0532. The lowest BCUT2D eigenvalue weighted by Gasteiger charge is -2.09. The molecule has 0 aliphatic carbocycles. The quantitative estimate of drug-likeness (QED) is 0.691. The molecule has 6 nitrogen and oxygen atoms in total. The van der Waals surface area contributed by atoms with E-state index in [4.69, 9.17) is 4.74 Å². The van der Waals surface area contributed by atoms with Crippen molar-refractivity contribution in [1.82, 2.24) is 0 Å². The van der Waals surface area contributed by atoms with Crippen molar-refractivity contribution >= 4 is 17.3 Å². The monoisotopic (exact) mass is 286 g/mol. The van der Waals surface area contributed by atoms with Crippen molar-refractivity contribution in [3.8, 4) is 5.75 Å². The number of carbonyl (C=O) groups is 1. The molecule has 0 aliphatic rings. The van der Waals surface area contributed by atoms with Crippen LogP contribution < -0.4 is 10.1 Å². The molecule has 0 fully saturated rings. The second-order valence-corrected chi connectivity index (χ2v) is 4.41. The molecule has 0 unspecified atom stereocenters. The molecule has 0 heterocycles. The Morgan fingerprint density at radius 3 is 2.57 bits per heavy atom. The van der Waals surface area contributed by atoms with E-state index in [1.165, 1.54) is 25.3 Å². The highest BCUT2D eigenvalue weighted by atomic mass is 16.6. The summed E-state index contributed by atoms with van der Waals surface area (Å²) in [6.45, 7) is 1.88. The van der Waals surface area contributed by atoms with E-state index in [1.54, 1.807) is 6.07 Å². The van der Waals surface area contributed by atoms with Gasteiger partial charge in [-0.3, -0.25) is 14.9 Å². The van der Waals surface area contributed by atoms with Crippen molar-refractivity contribution in [2.45, 2.75) is 6.92 Å². The second kappa shape index (κ2) is 6.04.